The van der Waals surface area contributed by atoms with E-state index in [1.54, 1.807) is 0 Å². The molecule has 0 radical (unpaired) electrons. The van der Waals surface area contributed by atoms with Crippen molar-refractivity contribution < 1.29 is 9.47 Å². The molecule has 3 nitrogen and oxygen atoms in total. The SMILES string of the molecule is CC1(CNCC2Cc3cc(Cl)ccc3O2)CCOCC1. The second kappa shape index (κ2) is 5.92. The molecule has 1 atom stereocenters. The molecule has 1 unspecified atom stereocenters. The third-order valence-corrected chi connectivity index (χ3v) is 4.62. The van der Waals surface area contributed by atoms with Crippen molar-refractivity contribution in [3.8, 4) is 5.75 Å². The highest BCUT2D eigenvalue weighted by Gasteiger charge is 2.28. The number of hydrogen-bond donors (Lipinski definition) is 1. The van der Waals surface area contributed by atoms with Gasteiger partial charge in [0, 0.05) is 37.7 Å². The highest BCUT2D eigenvalue weighted by molar-refractivity contribution is 6.30. The molecule has 0 bridgehead atoms. The normalized spacial score (nSPS) is 24.2. The van der Waals surface area contributed by atoms with E-state index >= 15 is 0 Å². The van der Waals surface area contributed by atoms with Gasteiger partial charge in [-0.15, -0.1) is 0 Å². The summed E-state index contributed by atoms with van der Waals surface area (Å²) in [7, 11) is 0. The number of halogens is 1. The summed E-state index contributed by atoms with van der Waals surface area (Å²) in [5.41, 5.74) is 1.59. The Hall–Kier alpha value is -0.770. The van der Waals surface area contributed by atoms with Crippen LogP contribution in [0.5, 0.6) is 5.75 Å². The molecule has 2 heterocycles. The summed E-state index contributed by atoms with van der Waals surface area (Å²) in [6.45, 7) is 6.05. The number of rotatable bonds is 4. The van der Waals surface area contributed by atoms with E-state index < -0.39 is 0 Å². The maximum atomic E-state index is 6.01. The zero-order valence-electron chi connectivity index (χ0n) is 12.0. The monoisotopic (exact) mass is 295 g/mol. The number of benzene rings is 1. The Balaban J connectivity index is 1.46. The lowest BCUT2D eigenvalue weighted by Gasteiger charge is -2.34. The van der Waals surface area contributed by atoms with Crippen molar-refractivity contribution >= 4 is 11.6 Å². The molecule has 0 aliphatic carbocycles. The van der Waals surface area contributed by atoms with Gasteiger partial charge in [-0.3, -0.25) is 0 Å². The second-order valence-corrected chi connectivity index (χ2v) is 6.69. The summed E-state index contributed by atoms with van der Waals surface area (Å²) in [6, 6.07) is 5.87. The maximum absolute atomic E-state index is 6.01. The molecule has 20 heavy (non-hydrogen) atoms. The van der Waals surface area contributed by atoms with Crippen LogP contribution in [-0.2, 0) is 11.2 Å². The molecular weight excluding hydrogens is 274 g/mol. The molecular formula is C16H22ClNO2. The van der Waals surface area contributed by atoms with E-state index in [2.05, 4.69) is 12.2 Å². The fourth-order valence-electron chi connectivity index (χ4n) is 2.98. The van der Waals surface area contributed by atoms with E-state index in [0.29, 0.717) is 5.41 Å². The van der Waals surface area contributed by atoms with Crippen molar-refractivity contribution in [1.29, 1.82) is 0 Å². The summed E-state index contributed by atoms with van der Waals surface area (Å²) in [5, 5.41) is 4.36. The molecule has 4 heteroatoms. The third-order valence-electron chi connectivity index (χ3n) is 4.39. The van der Waals surface area contributed by atoms with Gasteiger partial charge in [0.15, 0.2) is 0 Å². The van der Waals surface area contributed by atoms with Gasteiger partial charge in [-0.1, -0.05) is 18.5 Å². The van der Waals surface area contributed by atoms with Crippen LogP contribution in [0.4, 0.5) is 0 Å². The summed E-state index contributed by atoms with van der Waals surface area (Å²) in [6.07, 6.45) is 3.46. The molecule has 0 amide bonds. The van der Waals surface area contributed by atoms with Crippen LogP contribution in [0.1, 0.15) is 25.3 Å². The quantitative estimate of drug-likeness (QED) is 0.926. The van der Waals surface area contributed by atoms with Gasteiger partial charge in [-0.2, -0.15) is 0 Å². The minimum absolute atomic E-state index is 0.229. The minimum Gasteiger partial charge on any atom is -0.488 e. The lowest BCUT2D eigenvalue weighted by atomic mass is 9.82. The first kappa shape index (κ1) is 14.2. The standard InChI is InChI=1S/C16H22ClNO2/c1-16(4-6-19-7-5-16)11-18-10-14-9-12-8-13(17)2-3-15(12)20-14/h2-3,8,14,18H,4-7,9-11H2,1H3. The fourth-order valence-corrected chi connectivity index (χ4v) is 3.17. The Kier molecular flexibility index (Phi) is 4.20. The van der Waals surface area contributed by atoms with Crippen molar-refractivity contribution in [2.45, 2.75) is 32.3 Å². The first-order valence-electron chi connectivity index (χ1n) is 7.38. The molecule has 2 aliphatic heterocycles. The molecule has 1 aromatic rings. The van der Waals surface area contributed by atoms with Gasteiger partial charge in [-0.25, -0.2) is 0 Å². The topological polar surface area (TPSA) is 30.5 Å². The molecule has 110 valence electrons. The lowest BCUT2D eigenvalue weighted by Crippen LogP contribution is -2.40. The molecule has 0 spiro atoms. The van der Waals surface area contributed by atoms with Crippen LogP contribution in [0, 0.1) is 5.41 Å². The molecule has 3 rings (SSSR count). The van der Waals surface area contributed by atoms with Crippen LogP contribution in [-0.4, -0.2) is 32.4 Å². The predicted molar refractivity (Wildman–Crippen MR) is 80.6 cm³/mol. The van der Waals surface area contributed by atoms with Crippen molar-refractivity contribution in [1.82, 2.24) is 5.32 Å². The molecule has 1 aromatic carbocycles. The zero-order valence-corrected chi connectivity index (χ0v) is 12.7. The number of nitrogens with one attached hydrogen (secondary N) is 1. The number of hydrogen-bond acceptors (Lipinski definition) is 3. The molecule has 1 saturated heterocycles. The molecule has 0 saturated carbocycles. The lowest BCUT2D eigenvalue weighted by molar-refractivity contribution is 0.0233. The summed E-state index contributed by atoms with van der Waals surface area (Å²) >= 11 is 6.01. The van der Waals surface area contributed by atoms with Crippen LogP contribution < -0.4 is 10.1 Å². The maximum Gasteiger partial charge on any atom is 0.123 e. The molecule has 0 aromatic heterocycles. The Morgan fingerprint density at radius 2 is 2.15 bits per heavy atom. The van der Waals surface area contributed by atoms with Crippen molar-refractivity contribution in [2.24, 2.45) is 5.41 Å². The van der Waals surface area contributed by atoms with Gasteiger partial charge < -0.3 is 14.8 Å². The van der Waals surface area contributed by atoms with Crippen molar-refractivity contribution in [2.75, 3.05) is 26.3 Å². The van der Waals surface area contributed by atoms with E-state index in [9.17, 15) is 0 Å². The van der Waals surface area contributed by atoms with E-state index in [1.807, 2.05) is 18.2 Å². The fraction of sp³-hybridized carbons (Fsp3) is 0.625. The highest BCUT2D eigenvalue weighted by atomic mass is 35.5. The largest absolute Gasteiger partial charge is 0.488 e. The van der Waals surface area contributed by atoms with Crippen molar-refractivity contribution in [3.05, 3.63) is 28.8 Å². The van der Waals surface area contributed by atoms with E-state index in [-0.39, 0.29) is 6.10 Å². The second-order valence-electron chi connectivity index (χ2n) is 6.25. The Morgan fingerprint density at radius 3 is 2.95 bits per heavy atom. The van der Waals surface area contributed by atoms with E-state index in [1.165, 1.54) is 5.56 Å². The van der Waals surface area contributed by atoms with Gasteiger partial charge in [-0.05, 0) is 42.0 Å². The zero-order chi connectivity index (χ0) is 14.0. The van der Waals surface area contributed by atoms with Crippen LogP contribution in [0.15, 0.2) is 18.2 Å². The number of ether oxygens (including phenoxy) is 2. The first-order valence-corrected chi connectivity index (χ1v) is 7.76. The van der Waals surface area contributed by atoms with Gasteiger partial charge >= 0.3 is 0 Å². The third kappa shape index (κ3) is 3.27. The van der Waals surface area contributed by atoms with E-state index in [4.69, 9.17) is 21.1 Å². The van der Waals surface area contributed by atoms with Crippen molar-refractivity contribution in [3.63, 3.8) is 0 Å². The highest BCUT2D eigenvalue weighted by Crippen LogP contribution is 2.31. The van der Waals surface area contributed by atoms with Crippen LogP contribution in [0.2, 0.25) is 5.02 Å². The molecule has 1 fully saturated rings. The average molecular weight is 296 g/mol. The Morgan fingerprint density at radius 1 is 1.35 bits per heavy atom. The van der Waals surface area contributed by atoms with Gasteiger partial charge in [0.25, 0.3) is 0 Å². The summed E-state index contributed by atoms with van der Waals surface area (Å²) in [4.78, 5) is 0. The summed E-state index contributed by atoms with van der Waals surface area (Å²) in [5.74, 6) is 0.985. The first-order chi connectivity index (χ1) is 9.65. The van der Waals surface area contributed by atoms with E-state index in [0.717, 1.165) is 56.3 Å². The van der Waals surface area contributed by atoms with Crippen LogP contribution >= 0.6 is 11.6 Å². The Bertz CT molecular complexity index is 472. The van der Waals surface area contributed by atoms with Crippen LogP contribution in [0.3, 0.4) is 0 Å². The molecule has 1 N–H and O–H groups in total. The summed E-state index contributed by atoms with van der Waals surface area (Å²) < 4.78 is 11.4. The Labute approximate surface area is 125 Å². The average Bonchev–Trinajstić information content (AvgIpc) is 2.81. The van der Waals surface area contributed by atoms with Gasteiger partial charge in [0.1, 0.15) is 11.9 Å². The van der Waals surface area contributed by atoms with Gasteiger partial charge in [0.05, 0.1) is 0 Å². The minimum atomic E-state index is 0.229. The number of fused-ring (bicyclic) bond motifs is 1. The van der Waals surface area contributed by atoms with Crippen LogP contribution in [0.25, 0.3) is 0 Å². The van der Waals surface area contributed by atoms with Gasteiger partial charge in [0.2, 0.25) is 0 Å². The predicted octanol–water partition coefficient (Wildman–Crippen LogP) is 3.05. The molecule has 2 aliphatic rings. The smallest absolute Gasteiger partial charge is 0.123 e.